The predicted molar refractivity (Wildman–Crippen MR) is 118 cm³/mol. The molecule has 2 heterocycles. The largest absolute Gasteiger partial charge is 0.491 e. The normalized spacial score (nSPS) is 18.2. The topological polar surface area (TPSA) is 69.6 Å². The lowest BCUT2D eigenvalue weighted by Crippen LogP contribution is -2.54. The minimum absolute atomic E-state index is 0.176. The monoisotopic (exact) mass is 435 g/mol. The Kier molecular flexibility index (Phi) is 8.90. The summed E-state index contributed by atoms with van der Waals surface area (Å²) >= 11 is 0. The molecule has 1 N–H and O–H groups in total. The summed E-state index contributed by atoms with van der Waals surface area (Å²) in [5, 5.41) is 3.33. The highest BCUT2D eigenvalue weighted by atomic mass is 19.1. The lowest BCUT2D eigenvalue weighted by molar-refractivity contribution is -0.136. The Hall–Kier alpha value is -2.39. The Morgan fingerprint density at radius 2 is 1.87 bits per heavy atom. The van der Waals surface area contributed by atoms with Gasteiger partial charge in [0, 0.05) is 45.8 Å². The average Bonchev–Trinajstić information content (AvgIpc) is 2.79. The first-order valence-electron chi connectivity index (χ1n) is 11.1. The molecule has 3 rings (SSSR count). The summed E-state index contributed by atoms with van der Waals surface area (Å²) in [6.45, 7) is 11.7. The van der Waals surface area contributed by atoms with E-state index in [4.69, 9.17) is 14.5 Å². The first-order valence-corrected chi connectivity index (χ1v) is 11.1. The van der Waals surface area contributed by atoms with Crippen molar-refractivity contribution in [2.24, 2.45) is 4.99 Å². The lowest BCUT2D eigenvalue weighted by Gasteiger charge is -2.37. The van der Waals surface area contributed by atoms with Crippen molar-refractivity contribution in [2.45, 2.75) is 20.4 Å². The molecule has 8 nitrogen and oxygen atoms in total. The number of hydrogen-bond donors (Lipinski definition) is 1. The highest BCUT2D eigenvalue weighted by molar-refractivity contribution is 5.80. The molecule has 31 heavy (non-hydrogen) atoms. The molecule has 9 heteroatoms. The van der Waals surface area contributed by atoms with Gasteiger partial charge in [-0.1, -0.05) is 6.07 Å². The Morgan fingerprint density at radius 1 is 1.13 bits per heavy atom. The Bertz CT molecular complexity index is 747. The van der Waals surface area contributed by atoms with Gasteiger partial charge < -0.3 is 24.6 Å². The fourth-order valence-corrected chi connectivity index (χ4v) is 3.73. The van der Waals surface area contributed by atoms with Gasteiger partial charge in [0.15, 0.2) is 17.5 Å². The van der Waals surface area contributed by atoms with E-state index in [1.807, 2.05) is 24.8 Å². The van der Waals surface area contributed by atoms with Gasteiger partial charge >= 0.3 is 0 Å². The van der Waals surface area contributed by atoms with Crippen LogP contribution in [0.1, 0.15) is 19.4 Å². The Balaban J connectivity index is 1.52. The van der Waals surface area contributed by atoms with Gasteiger partial charge in [-0.25, -0.2) is 9.38 Å². The number of benzene rings is 1. The van der Waals surface area contributed by atoms with Crippen LogP contribution in [0.25, 0.3) is 0 Å². The van der Waals surface area contributed by atoms with Crippen molar-refractivity contribution in [1.82, 2.24) is 20.0 Å². The molecule has 0 spiro atoms. The molecule has 2 aliphatic heterocycles. The van der Waals surface area contributed by atoms with E-state index in [-0.39, 0.29) is 17.5 Å². The van der Waals surface area contributed by atoms with Crippen LogP contribution in [0, 0.1) is 5.82 Å². The highest BCUT2D eigenvalue weighted by Gasteiger charge is 2.24. The molecule has 1 amide bonds. The van der Waals surface area contributed by atoms with Gasteiger partial charge in [-0.2, -0.15) is 0 Å². The molecule has 0 aliphatic carbocycles. The lowest BCUT2D eigenvalue weighted by atomic mass is 10.2. The van der Waals surface area contributed by atoms with Crippen LogP contribution in [-0.2, 0) is 16.1 Å². The third-order valence-corrected chi connectivity index (χ3v) is 5.44. The second-order valence-electron chi connectivity index (χ2n) is 7.62. The number of guanidine groups is 1. The molecule has 0 saturated carbocycles. The number of amides is 1. The third-order valence-electron chi connectivity index (χ3n) is 5.44. The number of carbonyl (C=O) groups excluding carboxylic acids is 1. The van der Waals surface area contributed by atoms with Crippen LogP contribution in [0.2, 0.25) is 0 Å². The molecule has 0 radical (unpaired) electrons. The molecular weight excluding hydrogens is 401 g/mol. The second kappa shape index (κ2) is 11.9. The average molecular weight is 436 g/mol. The number of hydrogen-bond acceptors (Lipinski definition) is 5. The first-order chi connectivity index (χ1) is 15.1. The van der Waals surface area contributed by atoms with E-state index in [9.17, 15) is 9.18 Å². The van der Waals surface area contributed by atoms with E-state index in [1.165, 1.54) is 6.07 Å². The van der Waals surface area contributed by atoms with Gasteiger partial charge in [-0.3, -0.25) is 9.69 Å². The summed E-state index contributed by atoms with van der Waals surface area (Å²) in [5.41, 5.74) is 0.797. The van der Waals surface area contributed by atoms with Crippen LogP contribution in [0.5, 0.6) is 5.75 Å². The quantitative estimate of drug-likeness (QED) is 0.512. The van der Waals surface area contributed by atoms with Gasteiger partial charge in [-0.15, -0.1) is 0 Å². The Labute approximate surface area is 184 Å². The second-order valence-corrected chi connectivity index (χ2v) is 7.62. The van der Waals surface area contributed by atoms with Gasteiger partial charge in [0.05, 0.1) is 32.9 Å². The van der Waals surface area contributed by atoms with Crippen molar-refractivity contribution in [3.05, 3.63) is 29.6 Å². The zero-order valence-corrected chi connectivity index (χ0v) is 18.6. The standard InChI is InChI=1S/C22H34FN5O3/c1-3-24-22(25-16-18-5-6-20(31-4-2)19(23)15-18)28-9-7-26(8-10-28)17-21(29)27-11-13-30-14-12-27/h5-6,15H,3-4,7-14,16-17H2,1-2H3,(H,24,25). The third kappa shape index (κ3) is 6.80. The van der Waals surface area contributed by atoms with Crippen LogP contribution in [0.15, 0.2) is 23.2 Å². The fraction of sp³-hybridized carbons (Fsp3) is 0.636. The summed E-state index contributed by atoms with van der Waals surface area (Å²) < 4.78 is 24.7. The molecule has 2 saturated heterocycles. The zero-order valence-electron chi connectivity index (χ0n) is 18.6. The predicted octanol–water partition coefficient (Wildman–Crippen LogP) is 1.17. The van der Waals surface area contributed by atoms with Crippen molar-refractivity contribution in [1.29, 1.82) is 0 Å². The van der Waals surface area contributed by atoms with Crippen LogP contribution in [0.4, 0.5) is 4.39 Å². The van der Waals surface area contributed by atoms with E-state index in [0.29, 0.717) is 46.0 Å². The van der Waals surface area contributed by atoms with E-state index < -0.39 is 0 Å². The number of nitrogens with zero attached hydrogens (tertiary/aromatic N) is 4. The SMILES string of the molecule is CCNC(=NCc1ccc(OCC)c(F)c1)N1CCN(CC(=O)N2CCOCC2)CC1. The molecule has 2 aliphatic rings. The number of nitrogens with one attached hydrogen (secondary N) is 1. The molecule has 1 aromatic rings. The summed E-state index contributed by atoms with van der Waals surface area (Å²) in [5.74, 6) is 0.897. The van der Waals surface area contributed by atoms with E-state index >= 15 is 0 Å². The molecule has 2 fully saturated rings. The molecule has 1 aromatic carbocycles. The van der Waals surface area contributed by atoms with Crippen LogP contribution in [-0.4, -0.2) is 98.7 Å². The van der Waals surface area contributed by atoms with Crippen molar-refractivity contribution >= 4 is 11.9 Å². The van der Waals surface area contributed by atoms with Crippen molar-refractivity contribution in [3.8, 4) is 5.75 Å². The number of halogens is 1. The molecule has 0 atom stereocenters. The maximum atomic E-state index is 14.1. The fourth-order valence-electron chi connectivity index (χ4n) is 3.73. The molecule has 0 aromatic heterocycles. The number of morpholine rings is 1. The molecular formula is C22H34FN5O3. The number of ether oxygens (including phenoxy) is 2. The Morgan fingerprint density at radius 3 is 2.52 bits per heavy atom. The maximum Gasteiger partial charge on any atom is 0.236 e. The van der Waals surface area contributed by atoms with Gasteiger partial charge in [0.1, 0.15) is 0 Å². The minimum Gasteiger partial charge on any atom is -0.491 e. The van der Waals surface area contributed by atoms with E-state index in [1.54, 1.807) is 6.07 Å². The maximum absolute atomic E-state index is 14.1. The molecule has 172 valence electrons. The summed E-state index contributed by atoms with van der Waals surface area (Å²) in [4.78, 5) is 23.5. The van der Waals surface area contributed by atoms with Crippen LogP contribution < -0.4 is 10.1 Å². The van der Waals surface area contributed by atoms with Gasteiger partial charge in [0.25, 0.3) is 0 Å². The minimum atomic E-state index is -0.363. The summed E-state index contributed by atoms with van der Waals surface area (Å²) in [7, 11) is 0. The van der Waals surface area contributed by atoms with Gasteiger partial charge in [0.2, 0.25) is 5.91 Å². The number of piperazine rings is 1. The van der Waals surface area contributed by atoms with Crippen molar-refractivity contribution in [2.75, 3.05) is 72.2 Å². The van der Waals surface area contributed by atoms with Crippen molar-refractivity contribution in [3.63, 3.8) is 0 Å². The summed E-state index contributed by atoms with van der Waals surface area (Å²) in [6.07, 6.45) is 0. The number of rotatable bonds is 7. The van der Waals surface area contributed by atoms with Gasteiger partial charge in [-0.05, 0) is 31.5 Å². The number of aliphatic imine (C=N–C) groups is 1. The van der Waals surface area contributed by atoms with Crippen molar-refractivity contribution < 1.29 is 18.7 Å². The molecule has 0 bridgehead atoms. The van der Waals surface area contributed by atoms with E-state index in [2.05, 4.69) is 15.1 Å². The first kappa shape index (κ1) is 23.3. The smallest absolute Gasteiger partial charge is 0.236 e. The molecule has 0 unspecified atom stereocenters. The zero-order chi connectivity index (χ0) is 22.1. The van der Waals surface area contributed by atoms with E-state index in [0.717, 1.165) is 44.2 Å². The number of carbonyl (C=O) groups is 1. The highest BCUT2D eigenvalue weighted by Crippen LogP contribution is 2.19. The summed E-state index contributed by atoms with van der Waals surface area (Å²) in [6, 6.07) is 4.98. The van der Waals surface area contributed by atoms with Crippen LogP contribution >= 0.6 is 0 Å². The van der Waals surface area contributed by atoms with Crippen LogP contribution in [0.3, 0.4) is 0 Å².